The zero-order valence-corrected chi connectivity index (χ0v) is 12.7. The molecule has 1 N–H and O–H groups in total. The molecule has 22 heavy (non-hydrogen) atoms. The van der Waals surface area contributed by atoms with E-state index in [0.29, 0.717) is 12.8 Å². The molecule has 2 aromatic carbocycles. The van der Waals surface area contributed by atoms with Crippen LogP contribution in [0.1, 0.15) is 17.0 Å². The van der Waals surface area contributed by atoms with Crippen LogP contribution >= 0.6 is 11.3 Å². The molecule has 4 heteroatoms. The predicted molar refractivity (Wildman–Crippen MR) is 90.9 cm³/mol. The van der Waals surface area contributed by atoms with Crippen molar-refractivity contribution < 1.29 is 4.79 Å². The van der Waals surface area contributed by atoms with Gasteiger partial charge in [0, 0.05) is 24.1 Å². The normalized spacial score (nSPS) is 10.3. The molecule has 0 radical (unpaired) electrons. The number of amides is 1. The molecule has 1 aromatic heterocycles. The lowest BCUT2D eigenvalue weighted by Gasteiger charge is -2.04. The molecule has 3 nitrogen and oxygen atoms in total. The second-order valence-corrected chi connectivity index (χ2v) is 5.96. The molecule has 108 valence electrons. The van der Waals surface area contributed by atoms with Gasteiger partial charge in [0.1, 0.15) is 0 Å². The molecule has 1 heterocycles. The van der Waals surface area contributed by atoms with Crippen LogP contribution in [-0.2, 0) is 11.2 Å². The Hall–Kier alpha value is -2.64. The average Bonchev–Trinajstić information content (AvgIpc) is 2.96. The van der Waals surface area contributed by atoms with E-state index in [1.54, 1.807) is 17.4 Å². The first-order chi connectivity index (χ1) is 10.7. The summed E-state index contributed by atoms with van der Waals surface area (Å²) in [5.41, 5.74) is 2.47. The van der Waals surface area contributed by atoms with Crippen LogP contribution in [0.5, 0.6) is 0 Å². The van der Waals surface area contributed by atoms with Crippen LogP contribution in [0.15, 0.2) is 48.5 Å². The number of nitrogens with one attached hydrogen (secondary N) is 1. The van der Waals surface area contributed by atoms with Crippen molar-refractivity contribution in [3.8, 4) is 12.3 Å². The predicted octanol–water partition coefficient (Wildman–Crippen LogP) is 3.85. The Bertz CT molecular complexity index is 828. The number of terminal acetylenes is 1. The third-order valence-corrected chi connectivity index (χ3v) is 4.31. The molecule has 3 aromatic rings. The average molecular weight is 306 g/mol. The number of fused-ring (bicyclic) bond motifs is 1. The topological polar surface area (TPSA) is 42.0 Å². The fourth-order valence-electron chi connectivity index (χ4n) is 2.16. The number of carbonyl (C=O) groups is 1. The summed E-state index contributed by atoms with van der Waals surface area (Å²) in [4.78, 5) is 16.5. The van der Waals surface area contributed by atoms with Crippen molar-refractivity contribution in [1.82, 2.24) is 4.98 Å². The van der Waals surface area contributed by atoms with Gasteiger partial charge in [-0.2, -0.15) is 0 Å². The number of rotatable bonds is 4. The first-order valence-corrected chi connectivity index (χ1v) is 7.77. The molecule has 0 spiro atoms. The fourth-order valence-corrected chi connectivity index (χ4v) is 3.12. The zero-order chi connectivity index (χ0) is 15.4. The molecular weight excluding hydrogens is 292 g/mol. The van der Waals surface area contributed by atoms with Crippen LogP contribution in [0.2, 0.25) is 0 Å². The van der Waals surface area contributed by atoms with Gasteiger partial charge in [-0.25, -0.2) is 4.98 Å². The van der Waals surface area contributed by atoms with E-state index in [0.717, 1.165) is 26.5 Å². The highest BCUT2D eigenvalue weighted by molar-refractivity contribution is 7.18. The lowest BCUT2D eigenvalue weighted by atomic mass is 10.2. The van der Waals surface area contributed by atoms with Crippen LogP contribution in [-0.4, -0.2) is 10.9 Å². The SMILES string of the molecule is C#Cc1cccc(NC(=O)CCc2nc3ccccc3s2)c1. The Labute approximate surface area is 133 Å². The highest BCUT2D eigenvalue weighted by Crippen LogP contribution is 2.22. The summed E-state index contributed by atoms with van der Waals surface area (Å²) in [5, 5.41) is 3.84. The number of thiazole rings is 1. The smallest absolute Gasteiger partial charge is 0.224 e. The van der Waals surface area contributed by atoms with Gasteiger partial charge in [0.15, 0.2) is 0 Å². The Morgan fingerprint density at radius 2 is 2.09 bits per heavy atom. The van der Waals surface area contributed by atoms with Crippen molar-refractivity contribution in [2.75, 3.05) is 5.32 Å². The number of benzene rings is 2. The molecule has 0 atom stereocenters. The first-order valence-electron chi connectivity index (χ1n) is 6.95. The van der Waals surface area contributed by atoms with Crippen molar-refractivity contribution in [2.24, 2.45) is 0 Å². The minimum absolute atomic E-state index is 0.0339. The van der Waals surface area contributed by atoms with Crippen LogP contribution < -0.4 is 5.32 Å². The number of para-hydroxylation sites is 1. The summed E-state index contributed by atoms with van der Waals surface area (Å²) in [6, 6.07) is 15.3. The lowest BCUT2D eigenvalue weighted by molar-refractivity contribution is -0.116. The highest BCUT2D eigenvalue weighted by Gasteiger charge is 2.07. The minimum atomic E-state index is -0.0339. The number of hydrogen-bond acceptors (Lipinski definition) is 3. The van der Waals surface area contributed by atoms with E-state index in [9.17, 15) is 4.79 Å². The number of anilines is 1. The molecule has 0 unspecified atom stereocenters. The Morgan fingerprint density at radius 3 is 2.91 bits per heavy atom. The summed E-state index contributed by atoms with van der Waals surface area (Å²) in [5.74, 6) is 2.52. The van der Waals surface area contributed by atoms with Crippen LogP contribution in [0.25, 0.3) is 10.2 Å². The van der Waals surface area contributed by atoms with Crippen LogP contribution in [0.3, 0.4) is 0 Å². The lowest BCUT2D eigenvalue weighted by Crippen LogP contribution is -2.12. The van der Waals surface area contributed by atoms with Gasteiger partial charge in [-0.15, -0.1) is 17.8 Å². The summed E-state index contributed by atoms with van der Waals surface area (Å²) < 4.78 is 1.15. The quantitative estimate of drug-likeness (QED) is 0.744. The van der Waals surface area contributed by atoms with Crippen molar-refractivity contribution in [1.29, 1.82) is 0 Å². The highest BCUT2D eigenvalue weighted by atomic mass is 32.1. The Balaban J connectivity index is 1.61. The maximum Gasteiger partial charge on any atom is 0.224 e. The summed E-state index contributed by atoms with van der Waals surface area (Å²) in [7, 11) is 0. The van der Waals surface area contributed by atoms with Gasteiger partial charge >= 0.3 is 0 Å². The largest absolute Gasteiger partial charge is 0.326 e. The second kappa shape index (κ2) is 6.42. The van der Waals surface area contributed by atoms with Crippen molar-refractivity contribution in [3.05, 3.63) is 59.1 Å². The summed E-state index contributed by atoms with van der Waals surface area (Å²) >= 11 is 1.63. The van der Waals surface area contributed by atoms with Gasteiger partial charge in [0.05, 0.1) is 15.2 Å². The molecule has 0 bridgehead atoms. The third-order valence-electron chi connectivity index (χ3n) is 3.22. The van der Waals surface area contributed by atoms with Gasteiger partial charge < -0.3 is 5.32 Å². The van der Waals surface area contributed by atoms with Gasteiger partial charge in [-0.05, 0) is 30.3 Å². The van der Waals surface area contributed by atoms with E-state index in [-0.39, 0.29) is 5.91 Å². The van der Waals surface area contributed by atoms with Crippen molar-refractivity contribution in [2.45, 2.75) is 12.8 Å². The first kappa shape index (κ1) is 14.3. The number of nitrogens with zero attached hydrogens (tertiary/aromatic N) is 1. The van der Waals surface area contributed by atoms with Crippen LogP contribution in [0, 0.1) is 12.3 Å². The van der Waals surface area contributed by atoms with Crippen molar-refractivity contribution >= 4 is 33.1 Å². The van der Waals surface area contributed by atoms with Gasteiger partial charge in [0.2, 0.25) is 5.91 Å². The molecule has 0 aliphatic heterocycles. The zero-order valence-electron chi connectivity index (χ0n) is 11.9. The number of hydrogen-bond donors (Lipinski definition) is 1. The van der Waals surface area contributed by atoms with Gasteiger partial charge in [0.25, 0.3) is 0 Å². The number of aryl methyl sites for hydroxylation is 1. The molecule has 1 amide bonds. The van der Waals surface area contributed by atoms with Gasteiger partial charge in [-0.1, -0.05) is 24.1 Å². The monoisotopic (exact) mass is 306 g/mol. The van der Waals surface area contributed by atoms with Crippen molar-refractivity contribution in [3.63, 3.8) is 0 Å². The standard InChI is InChI=1S/C18H14N2OS/c1-2-13-6-5-7-14(12-13)19-17(21)10-11-18-20-15-8-3-4-9-16(15)22-18/h1,3-9,12H,10-11H2,(H,19,21). The minimum Gasteiger partial charge on any atom is -0.326 e. The van der Waals surface area contributed by atoms with E-state index in [2.05, 4.69) is 16.2 Å². The fraction of sp³-hybridized carbons (Fsp3) is 0.111. The van der Waals surface area contributed by atoms with E-state index in [1.165, 1.54) is 0 Å². The van der Waals surface area contributed by atoms with Gasteiger partial charge in [-0.3, -0.25) is 4.79 Å². The summed E-state index contributed by atoms with van der Waals surface area (Å²) in [6.07, 6.45) is 6.39. The Kier molecular flexibility index (Phi) is 4.17. The number of carbonyl (C=O) groups excluding carboxylic acids is 1. The van der Waals surface area contributed by atoms with E-state index in [1.807, 2.05) is 42.5 Å². The summed E-state index contributed by atoms with van der Waals surface area (Å²) in [6.45, 7) is 0. The second-order valence-electron chi connectivity index (χ2n) is 4.85. The molecular formula is C18H14N2OS. The molecule has 0 aliphatic carbocycles. The molecule has 0 saturated carbocycles. The van der Waals surface area contributed by atoms with Crippen LogP contribution in [0.4, 0.5) is 5.69 Å². The van der Waals surface area contributed by atoms with E-state index < -0.39 is 0 Å². The molecule has 0 aliphatic rings. The molecule has 0 fully saturated rings. The molecule has 3 rings (SSSR count). The third kappa shape index (κ3) is 3.33. The maximum atomic E-state index is 12.0. The maximum absolute atomic E-state index is 12.0. The van der Waals surface area contributed by atoms with E-state index >= 15 is 0 Å². The number of aromatic nitrogens is 1. The Morgan fingerprint density at radius 1 is 1.23 bits per heavy atom. The molecule has 0 saturated heterocycles. The van der Waals surface area contributed by atoms with E-state index in [4.69, 9.17) is 6.42 Å².